The predicted octanol–water partition coefficient (Wildman–Crippen LogP) is 2.48. The van der Waals surface area contributed by atoms with Crippen LogP contribution in [0.5, 0.6) is 0 Å². The van der Waals surface area contributed by atoms with E-state index in [-0.39, 0.29) is 12.3 Å². The van der Waals surface area contributed by atoms with Crippen molar-refractivity contribution in [3.63, 3.8) is 0 Å². The van der Waals surface area contributed by atoms with Gasteiger partial charge in [0, 0.05) is 6.54 Å². The first-order valence-corrected chi connectivity index (χ1v) is 6.49. The zero-order chi connectivity index (χ0) is 14.4. The van der Waals surface area contributed by atoms with E-state index in [1.54, 1.807) is 6.08 Å². The lowest BCUT2D eigenvalue weighted by Gasteiger charge is -2.26. The van der Waals surface area contributed by atoms with Crippen LogP contribution in [0.2, 0.25) is 0 Å². The summed E-state index contributed by atoms with van der Waals surface area (Å²) in [5.74, 6) is -0.513. The van der Waals surface area contributed by atoms with Gasteiger partial charge in [0.2, 0.25) is 0 Å². The third-order valence-corrected chi connectivity index (χ3v) is 3.03. The van der Waals surface area contributed by atoms with Gasteiger partial charge in [-0.15, -0.1) is 0 Å². The molecule has 1 aromatic carbocycles. The Hall–Kier alpha value is -2.30. The number of ether oxygens (including phenoxy) is 2. The van der Waals surface area contributed by atoms with Gasteiger partial charge in [-0.3, -0.25) is 4.90 Å². The van der Waals surface area contributed by atoms with E-state index in [1.807, 2.05) is 30.3 Å². The maximum Gasteiger partial charge on any atom is 0.414 e. The van der Waals surface area contributed by atoms with Crippen LogP contribution in [0.1, 0.15) is 18.4 Å². The molecule has 0 radical (unpaired) electrons. The number of amides is 1. The van der Waals surface area contributed by atoms with Crippen molar-refractivity contribution in [2.75, 3.05) is 13.7 Å². The van der Waals surface area contributed by atoms with E-state index in [0.717, 1.165) is 18.4 Å². The Kier molecular flexibility index (Phi) is 4.76. The molecule has 1 aliphatic heterocycles. The summed E-state index contributed by atoms with van der Waals surface area (Å²) < 4.78 is 9.91. The Bertz CT molecular complexity index is 510. The molecule has 0 N–H and O–H groups in total. The number of allylic oxidation sites excluding steroid dienone is 1. The lowest BCUT2D eigenvalue weighted by molar-refractivity contribution is -0.138. The van der Waals surface area contributed by atoms with Gasteiger partial charge >= 0.3 is 12.1 Å². The second-order valence-corrected chi connectivity index (χ2v) is 4.41. The molecule has 106 valence electrons. The molecule has 5 nitrogen and oxygen atoms in total. The number of methoxy groups -OCH3 is 1. The second kappa shape index (κ2) is 6.75. The van der Waals surface area contributed by atoms with E-state index < -0.39 is 12.1 Å². The number of rotatable bonds is 3. The molecule has 1 amide bonds. The van der Waals surface area contributed by atoms with E-state index in [9.17, 15) is 9.59 Å². The SMILES string of the molecule is COC(=O)C1=CCCCN1C(=O)OCc1ccccc1. The fraction of sp³-hybridized carbons (Fsp3) is 0.333. The lowest BCUT2D eigenvalue weighted by Crippen LogP contribution is -2.37. The third kappa shape index (κ3) is 3.38. The smallest absolute Gasteiger partial charge is 0.414 e. The minimum absolute atomic E-state index is 0.185. The summed E-state index contributed by atoms with van der Waals surface area (Å²) >= 11 is 0. The van der Waals surface area contributed by atoms with Gasteiger partial charge in [-0.2, -0.15) is 0 Å². The monoisotopic (exact) mass is 275 g/mol. The van der Waals surface area contributed by atoms with Crippen LogP contribution in [0.25, 0.3) is 0 Å². The van der Waals surface area contributed by atoms with Crippen LogP contribution in [-0.4, -0.2) is 30.6 Å². The first kappa shape index (κ1) is 14.1. The maximum absolute atomic E-state index is 12.1. The van der Waals surface area contributed by atoms with Crippen LogP contribution in [0.4, 0.5) is 4.79 Å². The summed E-state index contributed by atoms with van der Waals surface area (Å²) in [7, 11) is 1.30. The second-order valence-electron chi connectivity index (χ2n) is 4.41. The van der Waals surface area contributed by atoms with Crippen molar-refractivity contribution < 1.29 is 19.1 Å². The molecular formula is C15H17NO4. The van der Waals surface area contributed by atoms with E-state index in [4.69, 9.17) is 4.74 Å². The summed E-state index contributed by atoms with van der Waals surface area (Å²) in [5, 5.41) is 0. The van der Waals surface area contributed by atoms with Gasteiger partial charge in [0.25, 0.3) is 0 Å². The Morgan fingerprint density at radius 3 is 2.70 bits per heavy atom. The van der Waals surface area contributed by atoms with Crippen molar-refractivity contribution >= 4 is 12.1 Å². The molecule has 2 rings (SSSR count). The summed E-state index contributed by atoms with van der Waals surface area (Å²) in [6.45, 7) is 0.652. The Morgan fingerprint density at radius 1 is 1.25 bits per heavy atom. The average molecular weight is 275 g/mol. The normalized spacial score (nSPS) is 14.4. The van der Waals surface area contributed by atoms with E-state index in [0.29, 0.717) is 6.54 Å². The molecule has 0 aromatic heterocycles. The number of nitrogens with zero attached hydrogens (tertiary/aromatic N) is 1. The molecule has 0 spiro atoms. The highest BCUT2D eigenvalue weighted by molar-refractivity contribution is 5.92. The van der Waals surface area contributed by atoms with Crippen molar-refractivity contribution in [3.05, 3.63) is 47.7 Å². The van der Waals surface area contributed by atoms with Crippen LogP contribution in [0.3, 0.4) is 0 Å². The van der Waals surface area contributed by atoms with E-state index in [2.05, 4.69) is 4.74 Å². The van der Waals surface area contributed by atoms with Gasteiger partial charge in [-0.1, -0.05) is 36.4 Å². The largest absolute Gasteiger partial charge is 0.464 e. The molecule has 0 saturated heterocycles. The number of carbonyl (C=O) groups excluding carboxylic acids is 2. The molecule has 1 aromatic rings. The molecule has 1 heterocycles. The Morgan fingerprint density at radius 2 is 2.00 bits per heavy atom. The predicted molar refractivity (Wildman–Crippen MR) is 72.7 cm³/mol. The van der Waals surface area contributed by atoms with Gasteiger partial charge in [0.1, 0.15) is 12.3 Å². The fourth-order valence-electron chi connectivity index (χ4n) is 2.00. The highest BCUT2D eigenvalue weighted by Gasteiger charge is 2.27. The number of carbonyl (C=O) groups is 2. The standard InChI is InChI=1S/C15H17NO4/c1-19-14(17)13-9-5-6-10-16(13)15(18)20-11-12-7-3-2-4-8-12/h2-4,7-9H,5-6,10-11H2,1H3. The van der Waals surface area contributed by atoms with Crippen molar-refractivity contribution in [2.45, 2.75) is 19.4 Å². The van der Waals surface area contributed by atoms with Crippen LogP contribution in [-0.2, 0) is 20.9 Å². The van der Waals surface area contributed by atoms with Gasteiger partial charge < -0.3 is 9.47 Å². The quantitative estimate of drug-likeness (QED) is 0.795. The summed E-state index contributed by atoms with van der Waals surface area (Å²) in [4.78, 5) is 25.0. The summed E-state index contributed by atoms with van der Waals surface area (Å²) in [5.41, 5.74) is 1.17. The number of esters is 1. The molecule has 0 fully saturated rings. The van der Waals surface area contributed by atoms with Gasteiger partial charge in [-0.05, 0) is 18.4 Å². The van der Waals surface area contributed by atoms with Gasteiger partial charge in [0.15, 0.2) is 0 Å². The van der Waals surface area contributed by atoms with Crippen LogP contribution in [0, 0.1) is 0 Å². The van der Waals surface area contributed by atoms with Crippen LogP contribution < -0.4 is 0 Å². The first-order chi connectivity index (χ1) is 9.72. The van der Waals surface area contributed by atoms with E-state index >= 15 is 0 Å². The fourth-order valence-corrected chi connectivity index (χ4v) is 2.00. The Balaban J connectivity index is 1.99. The molecule has 0 atom stereocenters. The van der Waals surface area contributed by atoms with Crippen molar-refractivity contribution in [1.29, 1.82) is 0 Å². The zero-order valence-electron chi connectivity index (χ0n) is 11.4. The number of hydrogen-bond acceptors (Lipinski definition) is 4. The first-order valence-electron chi connectivity index (χ1n) is 6.49. The van der Waals surface area contributed by atoms with E-state index in [1.165, 1.54) is 12.0 Å². The van der Waals surface area contributed by atoms with Gasteiger partial charge in [0.05, 0.1) is 7.11 Å². The maximum atomic E-state index is 12.1. The van der Waals surface area contributed by atoms with Crippen LogP contribution >= 0.6 is 0 Å². The Labute approximate surface area is 117 Å². The van der Waals surface area contributed by atoms with Crippen molar-refractivity contribution in [1.82, 2.24) is 4.90 Å². The zero-order valence-corrected chi connectivity index (χ0v) is 11.4. The summed E-state index contributed by atoms with van der Waals surface area (Å²) in [6, 6.07) is 9.41. The lowest BCUT2D eigenvalue weighted by atomic mass is 10.1. The minimum atomic E-state index is -0.523. The van der Waals surface area contributed by atoms with Gasteiger partial charge in [-0.25, -0.2) is 9.59 Å². The van der Waals surface area contributed by atoms with Crippen molar-refractivity contribution in [2.24, 2.45) is 0 Å². The highest BCUT2D eigenvalue weighted by atomic mass is 16.6. The number of benzene rings is 1. The molecule has 0 saturated carbocycles. The third-order valence-electron chi connectivity index (χ3n) is 3.03. The average Bonchev–Trinajstić information content (AvgIpc) is 2.52. The molecular weight excluding hydrogens is 258 g/mol. The topological polar surface area (TPSA) is 55.8 Å². The van der Waals surface area contributed by atoms with Crippen LogP contribution in [0.15, 0.2) is 42.1 Å². The minimum Gasteiger partial charge on any atom is -0.464 e. The molecule has 20 heavy (non-hydrogen) atoms. The van der Waals surface area contributed by atoms with Crippen molar-refractivity contribution in [3.8, 4) is 0 Å². The molecule has 0 bridgehead atoms. The highest BCUT2D eigenvalue weighted by Crippen LogP contribution is 2.17. The molecule has 0 aliphatic carbocycles. The number of hydrogen-bond donors (Lipinski definition) is 0. The molecule has 5 heteroatoms. The molecule has 0 unspecified atom stereocenters. The summed E-state index contributed by atoms with van der Waals surface area (Å²) in [6.07, 6.45) is 2.75. The molecule has 1 aliphatic rings.